The van der Waals surface area contributed by atoms with Crippen LogP contribution in [0.3, 0.4) is 0 Å². The van der Waals surface area contributed by atoms with E-state index in [0.717, 1.165) is 23.4 Å². The fourth-order valence-electron chi connectivity index (χ4n) is 6.17. The van der Waals surface area contributed by atoms with Gasteiger partial charge in [-0.15, -0.1) is 0 Å². The minimum Gasteiger partial charge on any atom is -0.306 e. The zero-order chi connectivity index (χ0) is 18.1. The molecule has 0 bridgehead atoms. The molecule has 1 spiro atoms. The lowest BCUT2D eigenvalue weighted by Gasteiger charge is -2.57. The molecule has 1 aliphatic carbocycles. The third-order valence-electron chi connectivity index (χ3n) is 8.40. The van der Waals surface area contributed by atoms with Gasteiger partial charge in [0.2, 0.25) is 0 Å². The second kappa shape index (κ2) is 8.06. The Morgan fingerprint density at radius 1 is 0.885 bits per heavy atom. The SMILES string of the molecule is CC[C@H]1CN(C2CC3(CCN(CC4CCN(C)CC4)CC3)C2)CCN1C. The molecule has 4 rings (SSSR count). The zero-order valence-corrected chi connectivity index (χ0v) is 17.6. The summed E-state index contributed by atoms with van der Waals surface area (Å²) in [5.74, 6) is 0.964. The van der Waals surface area contributed by atoms with Crippen LogP contribution in [0.4, 0.5) is 0 Å². The van der Waals surface area contributed by atoms with Gasteiger partial charge in [0.05, 0.1) is 0 Å². The standard InChI is InChI=1S/C22H42N4/c1-4-20-18-26(14-13-24(20)3)21-15-22(16-21)7-11-25(12-8-22)17-19-5-9-23(2)10-6-19/h19-21H,4-18H2,1-3H3/t20-/m0/s1. The van der Waals surface area contributed by atoms with Crippen LogP contribution < -0.4 is 0 Å². The second-order valence-corrected chi connectivity index (χ2v) is 10.1. The fraction of sp³-hybridized carbons (Fsp3) is 1.00. The van der Waals surface area contributed by atoms with Crippen molar-refractivity contribution >= 4 is 0 Å². The van der Waals surface area contributed by atoms with Crippen LogP contribution >= 0.6 is 0 Å². The average Bonchev–Trinajstić information content (AvgIpc) is 2.63. The smallest absolute Gasteiger partial charge is 0.0218 e. The van der Waals surface area contributed by atoms with Crippen LogP contribution in [0.2, 0.25) is 0 Å². The molecule has 0 unspecified atom stereocenters. The summed E-state index contributed by atoms with van der Waals surface area (Å²) in [7, 11) is 4.59. The molecule has 26 heavy (non-hydrogen) atoms. The van der Waals surface area contributed by atoms with E-state index in [4.69, 9.17) is 0 Å². The van der Waals surface area contributed by atoms with E-state index in [0.29, 0.717) is 0 Å². The Balaban J connectivity index is 1.19. The molecular weight excluding hydrogens is 320 g/mol. The number of hydrogen-bond donors (Lipinski definition) is 0. The summed E-state index contributed by atoms with van der Waals surface area (Å²) in [5.41, 5.74) is 0.721. The molecule has 3 aliphatic heterocycles. The topological polar surface area (TPSA) is 13.0 Å². The van der Waals surface area contributed by atoms with Crippen molar-refractivity contribution in [2.45, 2.75) is 64.0 Å². The third-order valence-corrected chi connectivity index (χ3v) is 8.40. The molecule has 4 fully saturated rings. The number of rotatable bonds is 4. The van der Waals surface area contributed by atoms with Crippen LogP contribution in [-0.2, 0) is 0 Å². The molecule has 0 radical (unpaired) electrons. The van der Waals surface area contributed by atoms with E-state index < -0.39 is 0 Å². The molecule has 0 aromatic rings. The van der Waals surface area contributed by atoms with Gasteiger partial charge in [-0.05, 0) is 96.6 Å². The largest absolute Gasteiger partial charge is 0.306 e. The molecule has 1 saturated carbocycles. The summed E-state index contributed by atoms with van der Waals surface area (Å²) in [5, 5.41) is 0. The van der Waals surface area contributed by atoms with Crippen molar-refractivity contribution in [2.24, 2.45) is 11.3 Å². The summed E-state index contributed by atoms with van der Waals surface area (Å²) in [6, 6.07) is 1.69. The number of hydrogen-bond acceptors (Lipinski definition) is 4. The predicted molar refractivity (Wildman–Crippen MR) is 110 cm³/mol. The molecule has 0 amide bonds. The van der Waals surface area contributed by atoms with Crippen LogP contribution in [0.25, 0.3) is 0 Å². The number of likely N-dealkylation sites (tertiary alicyclic amines) is 2. The summed E-state index contributed by atoms with van der Waals surface area (Å²) >= 11 is 0. The maximum absolute atomic E-state index is 2.84. The Morgan fingerprint density at radius 2 is 1.58 bits per heavy atom. The highest BCUT2D eigenvalue weighted by Crippen LogP contribution is 2.51. The average molecular weight is 363 g/mol. The highest BCUT2D eigenvalue weighted by Gasteiger charge is 2.48. The number of likely N-dealkylation sites (N-methyl/N-ethyl adjacent to an activating group) is 1. The molecule has 4 heteroatoms. The normalized spacial score (nSPS) is 33.6. The van der Waals surface area contributed by atoms with Gasteiger partial charge < -0.3 is 14.7 Å². The Hall–Kier alpha value is -0.160. The summed E-state index contributed by atoms with van der Waals surface area (Å²) < 4.78 is 0. The van der Waals surface area contributed by atoms with Crippen LogP contribution in [0.15, 0.2) is 0 Å². The number of nitrogens with zero attached hydrogens (tertiary/aromatic N) is 4. The van der Waals surface area contributed by atoms with Gasteiger partial charge in [-0.25, -0.2) is 0 Å². The molecule has 1 atom stereocenters. The summed E-state index contributed by atoms with van der Waals surface area (Å²) in [6.07, 6.45) is 10.1. The molecule has 3 heterocycles. The zero-order valence-electron chi connectivity index (χ0n) is 17.6. The van der Waals surface area contributed by atoms with E-state index in [9.17, 15) is 0 Å². The molecule has 3 saturated heterocycles. The van der Waals surface area contributed by atoms with Crippen LogP contribution in [0.5, 0.6) is 0 Å². The van der Waals surface area contributed by atoms with Crippen LogP contribution in [0.1, 0.15) is 51.9 Å². The van der Waals surface area contributed by atoms with Gasteiger partial charge in [-0.2, -0.15) is 0 Å². The number of piperidine rings is 2. The van der Waals surface area contributed by atoms with E-state index >= 15 is 0 Å². The van der Waals surface area contributed by atoms with Gasteiger partial charge >= 0.3 is 0 Å². The molecule has 4 nitrogen and oxygen atoms in total. The Morgan fingerprint density at radius 3 is 2.23 bits per heavy atom. The van der Waals surface area contributed by atoms with Crippen molar-refractivity contribution in [1.29, 1.82) is 0 Å². The van der Waals surface area contributed by atoms with Gasteiger partial charge in [0.1, 0.15) is 0 Å². The first-order valence-corrected chi connectivity index (χ1v) is 11.4. The van der Waals surface area contributed by atoms with Crippen molar-refractivity contribution in [2.75, 3.05) is 66.5 Å². The Labute approximate surface area is 161 Å². The van der Waals surface area contributed by atoms with Crippen LogP contribution in [0, 0.1) is 11.3 Å². The van der Waals surface area contributed by atoms with E-state index in [1.807, 2.05) is 0 Å². The first-order valence-electron chi connectivity index (χ1n) is 11.4. The number of piperazine rings is 1. The Kier molecular flexibility index (Phi) is 5.95. The molecule has 150 valence electrons. The summed E-state index contributed by atoms with van der Waals surface area (Å²) in [6.45, 7) is 13.0. The van der Waals surface area contributed by atoms with Gasteiger partial charge in [0, 0.05) is 38.3 Å². The van der Waals surface area contributed by atoms with Gasteiger partial charge in [-0.1, -0.05) is 6.92 Å². The quantitative estimate of drug-likeness (QED) is 0.762. The minimum atomic E-state index is 0.721. The van der Waals surface area contributed by atoms with Gasteiger partial charge in [0.15, 0.2) is 0 Å². The molecule has 4 aliphatic rings. The van der Waals surface area contributed by atoms with Gasteiger partial charge in [0.25, 0.3) is 0 Å². The monoisotopic (exact) mass is 362 g/mol. The van der Waals surface area contributed by atoms with E-state index in [1.54, 1.807) is 0 Å². The first kappa shape index (κ1) is 19.2. The van der Waals surface area contributed by atoms with Crippen molar-refractivity contribution in [3.8, 4) is 0 Å². The highest BCUT2D eigenvalue weighted by molar-refractivity contribution is 5.02. The lowest BCUT2D eigenvalue weighted by molar-refractivity contribution is -0.0649. The van der Waals surface area contributed by atoms with Crippen molar-refractivity contribution in [3.63, 3.8) is 0 Å². The molecule has 0 aromatic heterocycles. The molecular formula is C22H42N4. The van der Waals surface area contributed by atoms with Crippen molar-refractivity contribution in [3.05, 3.63) is 0 Å². The van der Waals surface area contributed by atoms with Crippen molar-refractivity contribution < 1.29 is 0 Å². The first-order chi connectivity index (χ1) is 12.6. The highest BCUT2D eigenvalue weighted by atomic mass is 15.3. The van der Waals surface area contributed by atoms with Gasteiger partial charge in [-0.3, -0.25) is 4.90 Å². The molecule has 0 N–H and O–H groups in total. The minimum absolute atomic E-state index is 0.721. The van der Waals surface area contributed by atoms with E-state index in [2.05, 4.69) is 40.6 Å². The fourth-order valence-corrected chi connectivity index (χ4v) is 6.17. The lowest BCUT2D eigenvalue weighted by atomic mass is 9.60. The summed E-state index contributed by atoms with van der Waals surface area (Å²) in [4.78, 5) is 10.7. The van der Waals surface area contributed by atoms with E-state index in [-0.39, 0.29) is 0 Å². The lowest BCUT2D eigenvalue weighted by Crippen LogP contribution is -2.61. The predicted octanol–water partition coefficient (Wildman–Crippen LogP) is 2.60. The maximum Gasteiger partial charge on any atom is 0.0218 e. The second-order valence-electron chi connectivity index (χ2n) is 10.1. The van der Waals surface area contributed by atoms with E-state index in [1.165, 1.54) is 97.3 Å². The molecule has 0 aromatic carbocycles. The maximum atomic E-state index is 2.84. The third kappa shape index (κ3) is 4.14. The van der Waals surface area contributed by atoms with Crippen LogP contribution in [-0.4, -0.2) is 98.1 Å². The Bertz CT molecular complexity index is 443. The van der Waals surface area contributed by atoms with Crippen molar-refractivity contribution in [1.82, 2.24) is 19.6 Å².